The van der Waals surface area contributed by atoms with Crippen molar-refractivity contribution in [1.82, 2.24) is 0 Å². The fourth-order valence-electron chi connectivity index (χ4n) is 1.29. The van der Waals surface area contributed by atoms with Gasteiger partial charge in [-0.1, -0.05) is 43.7 Å². The minimum absolute atomic E-state index is 0.0624. The number of nitrogens with zero attached hydrogens (tertiary/aromatic N) is 1. The van der Waals surface area contributed by atoms with E-state index in [1.165, 1.54) is 0 Å². The van der Waals surface area contributed by atoms with Crippen molar-refractivity contribution < 1.29 is 0 Å². The zero-order valence-electron chi connectivity index (χ0n) is 7.90. The third kappa shape index (κ3) is 3.29. The van der Waals surface area contributed by atoms with E-state index < -0.39 is 0 Å². The molecule has 0 aromatic heterocycles. The SMILES string of the molecule is CCCC(C#N)[CH]c1ccccc1. The van der Waals surface area contributed by atoms with Crippen molar-refractivity contribution in [1.29, 1.82) is 5.26 Å². The predicted molar refractivity (Wildman–Crippen MR) is 53.9 cm³/mol. The van der Waals surface area contributed by atoms with E-state index in [0.29, 0.717) is 0 Å². The van der Waals surface area contributed by atoms with Crippen LogP contribution in [0.3, 0.4) is 0 Å². The van der Waals surface area contributed by atoms with Crippen LogP contribution in [0.25, 0.3) is 0 Å². The first kappa shape index (κ1) is 9.80. The molecule has 0 N–H and O–H groups in total. The lowest BCUT2D eigenvalue weighted by atomic mass is 9.97. The van der Waals surface area contributed by atoms with E-state index >= 15 is 0 Å². The van der Waals surface area contributed by atoms with Crippen LogP contribution in [-0.2, 0) is 0 Å². The molecule has 0 aliphatic heterocycles. The standard InChI is InChI=1S/C12H14N/c1-2-6-12(10-13)9-11-7-4-3-5-8-11/h3-5,7-9,12H,2,6H2,1H3. The van der Waals surface area contributed by atoms with Gasteiger partial charge in [-0.25, -0.2) is 0 Å². The minimum atomic E-state index is 0.0624. The van der Waals surface area contributed by atoms with Crippen molar-refractivity contribution in [3.05, 3.63) is 42.3 Å². The molecule has 0 saturated carbocycles. The van der Waals surface area contributed by atoms with Gasteiger partial charge in [0.05, 0.1) is 12.0 Å². The molecule has 1 aromatic carbocycles. The average molecular weight is 172 g/mol. The topological polar surface area (TPSA) is 23.8 Å². The maximum Gasteiger partial charge on any atom is 0.0662 e. The molecule has 1 heteroatoms. The molecule has 1 unspecified atom stereocenters. The molecule has 0 heterocycles. The Bertz CT molecular complexity index is 271. The molecule has 1 aromatic rings. The maximum atomic E-state index is 8.84. The van der Waals surface area contributed by atoms with E-state index in [9.17, 15) is 0 Å². The van der Waals surface area contributed by atoms with Crippen LogP contribution < -0.4 is 0 Å². The fraction of sp³-hybridized carbons (Fsp3) is 0.333. The molecule has 0 saturated heterocycles. The second-order valence-electron chi connectivity index (χ2n) is 3.10. The summed E-state index contributed by atoms with van der Waals surface area (Å²) in [7, 11) is 0. The van der Waals surface area contributed by atoms with E-state index in [-0.39, 0.29) is 5.92 Å². The van der Waals surface area contributed by atoms with Crippen LogP contribution in [0.5, 0.6) is 0 Å². The van der Waals surface area contributed by atoms with Crippen molar-refractivity contribution in [2.75, 3.05) is 0 Å². The summed E-state index contributed by atoms with van der Waals surface area (Å²) in [5, 5.41) is 8.84. The van der Waals surface area contributed by atoms with Gasteiger partial charge >= 0.3 is 0 Å². The summed E-state index contributed by atoms with van der Waals surface area (Å²) in [6.07, 6.45) is 4.04. The molecule has 0 aliphatic carbocycles. The summed E-state index contributed by atoms with van der Waals surface area (Å²) < 4.78 is 0. The third-order valence-corrected chi connectivity index (χ3v) is 1.96. The Hall–Kier alpha value is -1.29. The van der Waals surface area contributed by atoms with Crippen LogP contribution in [-0.4, -0.2) is 0 Å². The highest BCUT2D eigenvalue weighted by atomic mass is 14.3. The summed E-state index contributed by atoms with van der Waals surface area (Å²) in [5.41, 5.74) is 1.14. The van der Waals surface area contributed by atoms with Crippen LogP contribution in [0, 0.1) is 23.7 Å². The van der Waals surface area contributed by atoms with Crippen LogP contribution >= 0.6 is 0 Å². The summed E-state index contributed by atoms with van der Waals surface area (Å²) in [6, 6.07) is 12.3. The van der Waals surface area contributed by atoms with Gasteiger partial charge < -0.3 is 0 Å². The molecule has 1 rings (SSSR count). The molecule has 0 spiro atoms. The summed E-state index contributed by atoms with van der Waals surface area (Å²) in [6.45, 7) is 2.10. The second-order valence-corrected chi connectivity index (χ2v) is 3.10. The van der Waals surface area contributed by atoms with Gasteiger partial charge in [0.25, 0.3) is 0 Å². The van der Waals surface area contributed by atoms with Crippen LogP contribution in [0.4, 0.5) is 0 Å². The van der Waals surface area contributed by atoms with Gasteiger partial charge in [-0.3, -0.25) is 0 Å². The van der Waals surface area contributed by atoms with E-state index in [0.717, 1.165) is 18.4 Å². The number of hydrogen-bond acceptors (Lipinski definition) is 1. The van der Waals surface area contributed by atoms with Crippen molar-refractivity contribution in [2.45, 2.75) is 19.8 Å². The van der Waals surface area contributed by atoms with Crippen molar-refractivity contribution in [3.63, 3.8) is 0 Å². The summed E-state index contributed by atoms with van der Waals surface area (Å²) in [4.78, 5) is 0. The Morgan fingerprint density at radius 3 is 2.62 bits per heavy atom. The molecular weight excluding hydrogens is 158 g/mol. The number of benzene rings is 1. The highest BCUT2D eigenvalue weighted by Gasteiger charge is 2.06. The molecule has 0 fully saturated rings. The Kier molecular flexibility index (Phi) is 4.05. The number of rotatable bonds is 4. The lowest BCUT2D eigenvalue weighted by molar-refractivity contribution is 0.672. The van der Waals surface area contributed by atoms with Gasteiger partial charge in [0.15, 0.2) is 0 Å². The van der Waals surface area contributed by atoms with Crippen LogP contribution in [0.2, 0.25) is 0 Å². The van der Waals surface area contributed by atoms with E-state index in [1.807, 2.05) is 36.8 Å². The zero-order chi connectivity index (χ0) is 9.52. The number of hydrogen-bond donors (Lipinski definition) is 0. The predicted octanol–water partition coefficient (Wildman–Crippen LogP) is 3.18. The van der Waals surface area contributed by atoms with Gasteiger partial charge in [-0.05, 0) is 12.0 Å². The lowest BCUT2D eigenvalue weighted by Gasteiger charge is -2.05. The fourth-order valence-corrected chi connectivity index (χ4v) is 1.29. The first-order valence-corrected chi connectivity index (χ1v) is 4.66. The molecule has 0 aliphatic rings. The van der Waals surface area contributed by atoms with E-state index in [2.05, 4.69) is 13.0 Å². The van der Waals surface area contributed by atoms with Crippen molar-refractivity contribution >= 4 is 0 Å². The van der Waals surface area contributed by atoms with E-state index in [1.54, 1.807) is 0 Å². The molecule has 0 bridgehead atoms. The Balaban J connectivity index is 2.53. The van der Waals surface area contributed by atoms with Crippen molar-refractivity contribution in [2.24, 2.45) is 5.92 Å². The second kappa shape index (κ2) is 5.37. The van der Waals surface area contributed by atoms with Gasteiger partial charge in [-0.2, -0.15) is 5.26 Å². The van der Waals surface area contributed by atoms with Crippen LogP contribution in [0.1, 0.15) is 25.3 Å². The van der Waals surface area contributed by atoms with Gasteiger partial charge in [-0.15, -0.1) is 0 Å². The molecule has 13 heavy (non-hydrogen) atoms. The minimum Gasteiger partial charge on any atom is -0.198 e. The molecule has 1 radical (unpaired) electrons. The Labute approximate surface area is 80.0 Å². The molecule has 0 amide bonds. The van der Waals surface area contributed by atoms with Gasteiger partial charge in [0, 0.05) is 6.42 Å². The largest absolute Gasteiger partial charge is 0.198 e. The zero-order valence-corrected chi connectivity index (χ0v) is 7.90. The molecular formula is C12H14N. The Morgan fingerprint density at radius 1 is 1.38 bits per heavy atom. The number of nitriles is 1. The quantitative estimate of drug-likeness (QED) is 0.684. The van der Waals surface area contributed by atoms with Crippen LogP contribution in [0.15, 0.2) is 30.3 Å². The average Bonchev–Trinajstić information content (AvgIpc) is 2.19. The first-order chi connectivity index (χ1) is 6.36. The monoisotopic (exact) mass is 172 g/mol. The van der Waals surface area contributed by atoms with Gasteiger partial charge in [0.1, 0.15) is 0 Å². The maximum absolute atomic E-state index is 8.84. The van der Waals surface area contributed by atoms with Crippen molar-refractivity contribution in [3.8, 4) is 6.07 Å². The highest BCUT2D eigenvalue weighted by Crippen LogP contribution is 2.14. The van der Waals surface area contributed by atoms with E-state index in [4.69, 9.17) is 5.26 Å². The van der Waals surface area contributed by atoms with Gasteiger partial charge in [0.2, 0.25) is 0 Å². The third-order valence-electron chi connectivity index (χ3n) is 1.96. The highest BCUT2D eigenvalue weighted by molar-refractivity contribution is 5.25. The lowest BCUT2D eigenvalue weighted by Crippen LogP contribution is -1.98. The molecule has 1 nitrogen and oxygen atoms in total. The Morgan fingerprint density at radius 2 is 2.08 bits per heavy atom. The molecule has 1 atom stereocenters. The summed E-state index contributed by atoms with van der Waals surface area (Å²) >= 11 is 0. The summed E-state index contributed by atoms with van der Waals surface area (Å²) in [5.74, 6) is 0.0624. The smallest absolute Gasteiger partial charge is 0.0662 e. The normalized spacial score (nSPS) is 12.0. The first-order valence-electron chi connectivity index (χ1n) is 4.66. The molecule has 67 valence electrons.